The van der Waals surface area contributed by atoms with Crippen molar-refractivity contribution in [3.05, 3.63) is 46.3 Å². The van der Waals surface area contributed by atoms with E-state index in [2.05, 4.69) is 27.6 Å². The minimum absolute atomic E-state index is 0.153. The number of carbonyl (C=O) groups excluding carboxylic acids is 1. The van der Waals surface area contributed by atoms with E-state index in [1.165, 1.54) is 5.56 Å². The van der Waals surface area contributed by atoms with Crippen LogP contribution in [0.4, 0.5) is 5.69 Å². The zero-order chi connectivity index (χ0) is 13.3. The van der Waals surface area contributed by atoms with Crippen LogP contribution < -0.4 is 5.32 Å². The van der Waals surface area contributed by atoms with Crippen LogP contribution in [0.1, 0.15) is 32.7 Å². The van der Waals surface area contributed by atoms with Crippen molar-refractivity contribution < 1.29 is 4.79 Å². The van der Waals surface area contributed by atoms with Crippen LogP contribution >= 0.6 is 0 Å². The zero-order valence-electron chi connectivity index (χ0n) is 11.1. The molecule has 0 saturated heterocycles. The Morgan fingerprint density at radius 3 is 2.22 bits per heavy atom. The summed E-state index contributed by atoms with van der Waals surface area (Å²) in [6.07, 6.45) is 1.64. The number of aromatic amines is 1. The molecule has 0 aliphatic heterocycles. The van der Waals surface area contributed by atoms with Crippen LogP contribution in [0.15, 0.2) is 18.3 Å². The second kappa shape index (κ2) is 4.64. The minimum Gasteiger partial charge on any atom is -0.320 e. The first-order chi connectivity index (χ1) is 8.49. The topological polar surface area (TPSA) is 57.8 Å². The minimum atomic E-state index is -0.153. The Bertz CT molecular complexity index is 576. The number of aromatic nitrogens is 2. The first-order valence-electron chi connectivity index (χ1n) is 5.88. The summed E-state index contributed by atoms with van der Waals surface area (Å²) >= 11 is 0. The molecule has 0 aliphatic rings. The Labute approximate surface area is 106 Å². The molecule has 0 atom stereocenters. The van der Waals surface area contributed by atoms with Gasteiger partial charge in [0.1, 0.15) is 5.69 Å². The lowest BCUT2D eigenvalue weighted by Crippen LogP contribution is -2.15. The normalized spacial score (nSPS) is 10.4. The number of carbonyl (C=O) groups is 1. The van der Waals surface area contributed by atoms with Crippen LogP contribution in [0.25, 0.3) is 0 Å². The molecule has 0 spiro atoms. The van der Waals surface area contributed by atoms with Crippen LogP contribution in [-0.2, 0) is 0 Å². The molecule has 2 aromatic rings. The summed E-state index contributed by atoms with van der Waals surface area (Å²) in [5, 5.41) is 9.51. The van der Waals surface area contributed by atoms with Crippen molar-refractivity contribution in [2.75, 3.05) is 5.32 Å². The van der Waals surface area contributed by atoms with E-state index in [0.717, 1.165) is 22.4 Å². The third kappa shape index (κ3) is 2.27. The second-order valence-corrected chi connectivity index (χ2v) is 4.66. The smallest absolute Gasteiger partial charge is 0.273 e. The number of aryl methyl sites for hydroxylation is 4. The lowest BCUT2D eigenvalue weighted by Gasteiger charge is -2.12. The lowest BCUT2D eigenvalue weighted by molar-refractivity contribution is 0.102. The Balaban J connectivity index is 2.31. The molecule has 1 aromatic heterocycles. The molecular formula is C14H17N3O. The van der Waals surface area contributed by atoms with Gasteiger partial charge in [-0.2, -0.15) is 5.10 Å². The summed E-state index contributed by atoms with van der Waals surface area (Å²) in [5.41, 5.74) is 5.56. The van der Waals surface area contributed by atoms with Gasteiger partial charge in [0.25, 0.3) is 5.91 Å². The third-order valence-corrected chi connectivity index (χ3v) is 2.97. The SMILES string of the molecule is Cc1cc(C)c(NC(=O)c2[nH]ncc2C)c(C)c1. The van der Waals surface area contributed by atoms with Gasteiger partial charge in [-0.25, -0.2) is 0 Å². The summed E-state index contributed by atoms with van der Waals surface area (Å²) in [7, 11) is 0. The molecule has 94 valence electrons. The van der Waals surface area contributed by atoms with Crippen molar-refractivity contribution in [3.8, 4) is 0 Å². The second-order valence-electron chi connectivity index (χ2n) is 4.66. The summed E-state index contributed by atoms with van der Waals surface area (Å²) in [4.78, 5) is 12.1. The molecule has 4 heteroatoms. The van der Waals surface area contributed by atoms with Gasteiger partial charge in [-0.1, -0.05) is 17.7 Å². The predicted molar refractivity (Wildman–Crippen MR) is 71.9 cm³/mol. The lowest BCUT2D eigenvalue weighted by atomic mass is 10.0. The van der Waals surface area contributed by atoms with E-state index in [1.807, 2.05) is 27.7 Å². The number of H-pyrrole nitrogens is 1. The molecule has 0 fully saturated rings. The maximum atomic E-state index is 12.1. The van der Waals surface area contributed by atoms with E-state index in [-0.39, 0.29) is 5.91 Å². The van der Waals surface area contributed by atoms with Gasteiger partial charge in [-0.3, -0.25) is 9.89 Å². The number of rotatable bonds is 2. The van der Waals surface area contributed by atoms with Gasteiger partial charge in [-0.05, 0) is 44.4 Å². The van der Waals surface area contributed by atoms with Gasteiger partial charge in [0, 0.05) is 5.69 Å². The predicted octanol–water partition coefficient (Wildman–Crippen LogP) is 2.90. The summed E-state index contributed by atoms with van der Waals surface area (Å²) < 4.78 is 0. The summed E-state index contributed by atoms with van der Waals surface area (Å²) in [6, 6.07) is 4.12. The van der Waals surface area contributed by atoms with Crippen molar-refractivity contribution in [2.24, 2.45) is 0 Å². The number of anilines is 1. The van der Waals surface area contributed by atoms with Gasteiger partial charge >= 0.3 is 0 Å². The van der Waals surface area contributed by atoms with Crippen molar-refractivity contribution in [1.82, 2.24) is 10.2 Å². The number of benzene rings is 1. The largest absolute Gasteiger partial charge is 0.320 e. The van der Waals surface area contributed by atoms with Crippen LogP contribution in [0.2, 0.25) is 0 Å². The highest BCUT2D eigenvalue weighted by Gasteiger charge is 2.13. The van der Waals surface area contributed by atoms with E-state index in [9.17, 15) is 4.79 Å². The van der Waals surface area contributed by atoms with E-state index in [0.29, 0.717) is 5.69 Å². The maximum Gasteiger partial charge on any atom is 0.273 e. The van der Waals surface area contributed by atoms with Crippen molar-refractivity contribution in [3.63, 3.8) is 0 Å². The first-order valence-corrected chi connectivity index (χ1v) is 5.88. The zero-order valence-corrected chi connectivity index (χ0v) is 11.1. The van der Waals surface area contributed by atoms with E-state index in [1.54, 1.807) is 6.20 Å². The van der Waals surface area contributed by atoms with Crippen LogP contribution in [0, 0.1) is 27.7 Å². The third-order valence-electron chi connectivity index (χ3n) is 2.97. The molecule has 2 rings (SSSR count). The van der Waals surface area contributed by atoms with Crippen molar-refractivity contribution in [1.29, 1.82) is 0 Å². The quantitative estimate of drug-likeness (QED) is 0.852. The Morgan fingerprint density at radius 2 is 1.72 bits per heavy atom. The first kappa shape index (κ1) is 12.4. The average molecular weight is 243 g/mol. The van der Waals surface area contributed by atoms with E-state index in [4.69, 9.17) is 0 Å². The van der Waals surface area contributed by atoms with Crippen molar-refractivity contribution >= 4 is 11.6 Å². The highest BCUT2D eigenvalue weighted by atomic mass is 16.1. The summed E-state index contributed by atoms with van der Waals surface area (Å²) in [5.74, 6) is -0.153. The standard InChI is InChI=1S/C14H17N3O/c1-8-5-9(2)12(10(3)6-8)16-14(18)13-11(4)7-15-17-13/h5-7H,1-4H3,(H,15,17)(H,16,18). The Hall–Kier alpha value is -2.10. The van der Waals surface area contributed by atoms with Gasteiger partial charge in [-0.15, -0.1) is 0 Å². The molecular weight excluding hydrogens is 226 g/mol. The van der Waals surface area contributed by atoms with Gasteiger partial charge in [0.2, 0.25) is 0 Å². The molecule has 1 aromatic carbocycles. The fourth-order valence-electron chi connectivity index (χ4n) is 2.13. The average Bonchev–Trinajstić information content (AvgIpc) is 2.69. The number of hydrogen-bond acceptors (Lipinski definition) is 2. The Morgan fingerprint density at radius 1 is 1.11 bits per heavy atom. The molecule has 0 aliphatic carbocycles. The number of hydrogen-bond donors (Lipinski definition) is 2. The molecule has 0 saturated carbocycles. The van der Waals surface area contributed by atoms with Gasteiger partial charge in [0.05, 0.1) is 6.20 Å². The molecule has 0 bridgehead atoms. The van der Waals surface area contributed by atoms with Crippen molar-refractivity contribution in [2.45, 2.75) is 27.7 Å². The monoisotopic (exact) mass is 243 g/mol. The van der Waals surface area contributed by atoms with E-state index >= 15 is 0 Å². The van der Waals surface area contributed by atoms with Crippen LogP contribution in [0.3, 0.4) is 0 Å². The molecule has 2 N–H and O–H groups in total. The van der Waals surface area contributed by atoms with E-state index < -0.39 is 0 Å². The molecule has 0 radical (unpaired) electrons. The van der Waals surface area contributed by atoms with Crippen LogP contribution in [0.5, 0.6) is 0 Å². The molecule has 1 heterocycles. The highest BCUT2D eigenvalue weighted by molar-refractivity contribution is 6.04. The van der Waals surface area contributed by atoms with Gasteiger partial charge in [0.15, 0.2) is 0 Å². The molecule has 0 unspecified atom stereocenters. The number of nitrogens with one attached hydrogen (secondary N) is 2. The highest BCUT2D eigenvalue weighted by Crippen LogP contribution is 2.22. The number of nitrogens with zero attached hydrogens (tertiary/aromatic N) is 1. The fourth-order valence-corrected chi connectivity index (χ4v) is 2.13. The summed E-state index contributed by atoms with van der Waals surface area (Å²) in [6.45, 7) is 7.89. The molecule has 18 heavy (non-hydrogen) atoms. The maximum absolute atomic E-state index is 12.1. The van der Waals surface area contributed by atoms with Crippen LogP contribution in [-0.4, -0.2) is 16.1 Å². The Kier molecular flexibility index (Phi) is 3.19. The number of amides is 1. The molecule has 4 nitrogen and oxygen atoms in total. The van der Waals surface area contributed by atoms with Gasteiger partial charge < -0.3 is 5.32 Å². The molecule has 1 amide bonds. The fraction of sp³-hybridized carbons (Fsp3) is 0.286.